The smallest absolute Gasteiger partial charge is 0.136 e. The van der Waals surface area contributed by atoms with Gasteiger partial charge in [-0.2, -0.15) is 0 Å². The number of hydrogen-bond acceptors (Lipinski definition) is 6. The van der Waals surface area contributed by atoms with Gasteiger partial charge in [0, 0.05) is 6.54 Å². The summed E-state index contributed by atoms with van der Waals surface area (Å²) in [7, 11) is 0. The maximum Gasteiger partial charge on any atom is 0.136 e. The first-order chi connectivity index (χ1) is 7.54. The Bertz CT molecular complexity index is 215. The van der Waals surface area contributed by atoms with E-state index in [-0.39, 0.29) is 6.61 Å². The van der Waals surface area contributed by atoms with Gasteiger partial charge in [0.25, 0.3) is 0 Å². The fourth-order valence-corrected chi connectivity index (χ4v) is 2.05. The molecule has 0 spiro atoms. The Hall–Kier alpha value is -0.240. The molecule has 0 aliphatic carbocycles. The first kappa shape index (κ1) is 13.8. The van der Waals surface area contributed by atoms with Crippen LogP contribution in [0.2, 0.25) is 0 Å². The van der Waals surface area contributed by atoms with Crippen molar-refractivity contribution < 1.29 is 25.5 Å². The van der Waals surface area contributed by atoms with Crippen molar-refractivity contribution in [2.24, 2.45) is 0 Å². The van der Waals surface area contributed by atoms with E-state index in [1.165, 1.54) is 4.90 Å². The van der Waals surface area contributed by atoms with Gasteiger partial charge in [-0.1, -0.05) is 13.3 Å². The van der Waals surface area contributed by atoms with E-state index in [2.05, 4.69) is 0 Å². The quantitative estimate of drug-likeness (QED) is 0.381. The Morgan fingerprint density at radius 1 is 1.00 bits per heavy atom. The minimum Gasteiger partial charge on any atom is -0.395 e. The number of rotatable bonds is 4. The van der Waals surface area contributed by atoms with Gasteiger partial charge in [-0.15, -0.1) is 0 Å². The van der Waals surface area contributed by atoms with Crippen molar-refractivity contribution in [3.8, 4) is 0 Å². The van der Waals surface area contributed by atoms with Crippen molar-refractivity contribution in [2.75, 3.05) is 13.2 Å². The second-order valence-electron chi connectivity index (χ2n) is 4.23. The van der Waals surface area contributed by atoms with Gasteiger partial charge >= 0.3 is 0 Å². The maximum absolute atomic E-state index is 9.75. The number of piperidine rings is 1. The Morgan fingerprint density at radius 2 is 1.62 bits per heavy atom. The predicted octanol–water partition coefficient (Wildman–Crippen LogP) is -2.14. The van der Waals surface area contributed by atoms with Gasteiger partial charge in [0.15, 0.2) is 0 Å². The molecule has 1 aliphatic rings. The summed E-state index contributed by atoms with van der Waals surface area (Å²) in [5, 5.41) is 47.5. The zero-order valence-electron chi connectivity index (χ0n) is 9.40. The number of unbranched alkanes of at least 4 members (excludes halogenated alkanes) is 1. The Balaban J connectivity index is 2.76. The lowest BCUT2D eigenvalue weighted by Gasteiger charge is -2.46. The molecule has 0 bridgehead atoms. The summed E-state index contributed by atoms with van der Waals surface area (Å²) in [4.78, 5) is 1.44. The molecule has 0 amide bonds. The van der Waals surface area contributed by atoms with Crippen molar-refractivity contribution >= 4 is 0 Å². The number of aliphatic hydroxyl groups excluding tert-OH is 5. The third-order valence-electron chi connectivity index (χ3n) is 3.12. The van der Waals surface area contributed by atoms with E-state index < -0.39 is 30.6 Å². The van der Waals surface area contributed by atoms with Crippen molar-refractivity contribution in [1.82, 2.24) is 4.90 Å². The summed E-state index contributed by atoms with van der Waals surface area (Å²) in [5.41, 5.74) is 0. The summed E-state index contributed by atoms with van der Waals surface area (Å²) in [6.07, 6.45) is -3.65. The van der Waals surface area contributed by atoms with Crippen molar-refractivity contribution in [2.45, 2.75) is 50.3 Å². The molecular weight excluding hydrogens is 214 g/mol. The number of aliphatic hydroxyl groups is 5. The first-order valence-corrected chi connectivity index (χ1v) is 5.63. The molecule has 96 valence electrons. The van der Waals surface area contributed by atoms with E-state index in [0.29, 0.717) is 6.54 Å². The fraction of sp³-hybridized carbons (Fsp3) is 1.00. The molecule has 5 N–H and O–H groups in total. The van der Waals surface area contributed by atoms with Crippen LogP contribution in [0, 0.1) is 0 Å². The molecule has 0 aromatic heterocycles. The van der Waals surface area contributed by atoms with E-state index in [1.807, 2.05) is 6.92 Å². The van der Waals surface area contributed by atoms with E-state index in [4.69, 9.17) is 5.11 Å². The van der Waals surface area contributed by atoms with Gasteiger partial charge in [-0.3, -0.25) is 4.90 Å². The van der Waals surface area contributed by atoms with Crippen LogP contribution in [0.25, 0.3) is 0 Å². The van der Waals surface area contributed by atoms with Crippen LogP contribution in [0.1, 0.15) is 19.8 Å². The molecule has 0 aromatic carbocycles. The van der Waals surface area contributed by atoms with Crippen LogP contribution in [-0.4, -0.2) is 74.2 Å². The predicted molar refractivity (Wildman–Crippen MR) is 56.5 cm³/mol. The van der Waals surface area contributed by atoms with Crippen LogP contribution in [0.15, 0.2) is 0 Å². The highest BCUT2D eigenvalue weighted by molar-refractivity contribution is 4.96. The molecule has 1 saturated heterocycles. The van der Waals surface area contributed by atoms with Crippen LogP contribution >= 0.6 is 0 Å². The van der Waals surface area contributed by atoms with Crippen LogP contribution in [0.5, 0.6) is 0 Å². The minimum atomic E-state index is -1.43. The largest absolute Gasteiger partial charge is 0.395 e. The standard InChI is InChI=1S/C10H21NO5/c1-2-3-4-11-6(5-12)7(13)8(14)9(15)10(11)16/h6-10,12-16H,2-5H2,1H3. The summed E-state index contributed by atoms with van der Waals surface area (Å²) < 4.78 is 0. The minimum absolute atomic E-state index is 0.369. The molecule has 1 aliphatic heterocycles. The van der Waals surface area contributed by atoms with Crippen LogP contribution < -0.4 is 0 Å². The monoisotopic (exact) mass is 235 g/mol. The topological polar surface area (TPSA) is 104 Å². The van der Waals surface area contributed by atoms with Gasteiger partial charge in [-0.25, -0.2) is 0 Å². The SMILES string of the molecule is CCCCN1C(O)C(O)C(O)C(O)C1CO. The van der Waals surface area contributed by atoms with E-state index in [9.17, 15) is 20.4 Å². The second kappa shape index (κ2) is 5.90. The van der Waals surface area contributed by atoms with Crippen molar-refractivity contribution in [1.29, 1.82) is 0 Å². The molecular formula is C10H21NO5. The maximum atomic E-state index is 9.75. The molecule has 5 atom stereocenters. The van der Waals surface area contributed by atoms with Gasteiger partial charge < -0.3 is 25.5 Å². The molecule has 1 heterocycles. The molecule has 16 heavy (non-hydrogen) atoms. The summed E-state index contributed by atoms with van der Waals surface area (Å²) >= 11 is 0. The van der Waals surface area contributed by atoms with Crippen LogP contribution in [0.3, 0.4) is 0 Å². The Labute approximate surface area is 94.7 Å². The molecule has 1 fully saturated rings. The molecule has 6 nitrogen and oxygen atoms in total. The number of nitrogens with zero attached hydrogens (tertiary/aromatic N) is 1. The third-order valence-corrected chi connectivity index (χ3v) is 3.12. The zero-order valence-corrected chi connectivity index (χ0v) is 9.40. The van der Waals surface area contributed by atoms with Gasteiger partial charge in [0.2, 0.25) is 0 Å². The second-order valence-corrected chi connectivity index (χ2v) is 4.23. The normalized spacial score (nSPS) is 41.2. The van der Waals surface area contributed by atoms with Crippen LogP contribution in [-0.2, 0) is 0 Å². The van der Waals surface area contributed by atoms with E-state index in [1.54, 1.807) is 0 Å². The van der Waals surface area contributed by atoms with Crippen molar-refractivity contribution in [3.05, 3.63) is 0 Å². The Kier molecular flexibility index (Phi) is 5.10. The molecule has 1 rings (SSSR count). The average Bonchev–Trinajstić information content (AvgIpc) is 2.29. The average molecular weight is 235 g/mol. The molecule has 6 heteroatoms. The highest BCUT2D eigenvalue weighted by atomic mass is 16.4. The lowest BCUT2D eigenvalue weighted by Crippen LogP contribution is -2.67. The number of likely N-dealkylation sites (tertiary alicyclic amines) is 1. The van der Waals surface area contributed by atoms with Gasteiger partial charge in [0.1, 0.15) is 24.5 Å². The fourth-order valence-electron chi connectivity index (χ4n) is 2.05. The summed E-state index contributed by atoms with van der Waals surface area (Å²) in [5.74, 6) is 0. The lowest BCUT2D eigenvalue weighted by atomic mass is 9.92. The number of hydrogen-bond donors (Lipinski definition) is 5. The van der Waals surface area contributed by atoms with Crippen LogP contribution in [0.4, 0.5) is 0 Å². The third kappa shape index (κ3) is 2.53. The van der Waals surface area contributed by atoms with E-state index >= 15 is 0 Å². The summed E-state index contributed by atoms with van der Waals surface area (Å²) in [6, 6.07) is -0.736. The molecule has 0 aromatic rings. The summed E-state index contributed by atoms with van der Waals surface area (Å²) in [6.45, 7) is 2.07. The van der Waals surface area contributed by atoms with Gasteiger partial charge in [0.05, 0.1) is 12.6 Å². The molecule has 5 unspecified atom stereocenters. The van der Waals surface area contributed by atoms with E-state index in [0.717, 1.165) is 12.8 Å². The highest BCUT2D eigenvalue weighted by Crippen LogP contribution is 2.23. The zero-order chi connectivity index (χ0) is 12.3. The first-order valence-electron chi connectivity index (χ1n) is 5.63. The van der Waals surface area contributed by atoms with Gasteiger partial charge in [-0.05, 0) is 6.42 Å². The van der Waals surface area contributed by atoms with Crippen molar-refractivity contribution in [3.63, 3.8) is 0 Å². The molecule has 0 radical (unpaired) electrons. The highest BCUT2D eigenvalue weighted by Gasteiger charge is 2.46. The Morgan fingerprint density at radius 3 is 2.12 bits per heavy atom. The molecule has 0 saturated carbocycles. The lowest BCUT2D eigenvalue weighted by molar-refractivity contribution is -0.222.